The van der Waals surface area contributed by atoms with Gasteiger partial charge in [-0.1, -0.05) is 54.6 Å². The maximum atomic E-state index is 13.6. The highest BCUT2D eigenvalue weighted by Gasteiger charge is 2.43. The van der Waals surface area contributed by atoms with Gasteiger partial charge in [0.15, 0.2) is 0 Å². The number of nitrogens with one attached hydrogen (secondary N) is 1. The van der Waals surface area contributed by atoms with E-state index in [-0.39, 0.29) is 30.2 Å². The number of rotatable bonds is 5. The van der Waals surface area contributed by atoms with E-state index in [1.165, 1.54) is 12.1 Å². The smallest absolute Gasteiger partial charge is 0.250 e. The molecule has 3 aromatic carbocycles. The number of nitrogens with zero attached hydrogens (tertiary/aromatic N) is 2. The molecule has 32 heavy (non-hydrogen) atoms. The molecule has 4 rings (SSSR count). The number of likely N-dealkylation sites (N-methyl/N-ethyl adjacent to an activating group) is 1. The second-order valence-electron chi connectivity index (χ2n) is 8.54. The van der Waals surface area contributed by atoms with Crippen molar-refractivity contribution in [2.75, 3.05) is 23.8 Å². The fraction of sp³-hybridized carbons (Fsp3) is 0.231. The Morgan fingerprint density at radius 2 is 1.56 bits per heavy atom. The van der Waals surface area contributed by atoms with Gasteiger partial charge in [0.1, 0.15) is 11.4 Å². The molecule has 0 aromatic heterocycles. The van der Waals surface area contributed by atoms with Gasteiger partial charge in [-0.05, 0) is 56.3 Å². The molecule has 1 atom stereocenters. The minimum absolute atomic E-state index is 0.0714. The number of para-hydroxylation sites is 2. The third kappa shape index (κ3) is 4.01. The molecule has 0 spiro atoms. The number of carbonyl (C=O) groups excluding carboxylic acids is 2. The Morgan fingerprint density at radius 1 is 0.969 bits per heavy atom. The molecule has 0 saturated heterocycles. The lowest BCUT2D eigenvalue weighted by Gasteiger charge is -2.43. The fourth-order valence-corrected chi connectivity index (χ4v) is 4.26. The Balaban J connectivity index is 1.68. The van der Waals surface area contributed by atoms with E-state index in [0.717, 1.165) is 11.1 Å². The van der Waals surface area contributed by atoms with E-state index >= 15 is 0 Å². The van der Waals surface area contributed by atoms with Gasteiger partial charge < -0.3 is 5.32 Å². The topological polar surface area (TPSA) is 52.7 Å². The lowest BCUT2D eigenvalue weighted by molar-refractivity contribution is -0.127. The predicted octanol–water partition coefficient (Wildman–Crippen LogP) is 4.61. The molecule has 164 valence electrons. The average Bonchev–Trinajstić information content (AvgIpc) is 2.76. The van der Waals surface area contributed by atoms with E-state index in [1.807, 2.05) is 60.5 Å². The number of hydrogen-bond acceptors (Lipinski definition) is 3. The zero-order valence-corrected chi connectivity index (χ0v) is 18.4. The maximum absolute atomic E-state index is 13.6. The summed E-state index contributed by atoms with van der Waals surface area (Å²) in [7, 11) is 1.86. The Bertz CT molecular complexity index is 1130. The Kier molecular flexibility index (Phi) is 5.80. The molecule has 0 saturated carbocycles. The summed E-state index contributed by atoms with van der Waals surface area (Å²) in [5.74, 6) is -0.731. The summed E-state index contributed by atoms with van der Waals surface area (Å²) in [6, 6.07) is 23.2. The number of benzene rings is 3. The van der Waals surface area contributed by atoms with Crippen molar-refractivity contribution in [3.63, 3.8) is 0 Å². The van der Waals surface area contributed by atoms with E-state index in [2.05, 4.69) is 5.32 Å². The van der Waals surface area contributed by atoms with Crippen LogP contribution < -0.4 is 10.2 Å². The second-order valence-corrected chi connectivity index (χ2v) is 8.54. The van der Waals surface area contributed by atoms with E-state index in [0.29, 0.717) is 11.4 Å². The third-order valence-electron chi connectivity index (χ3n) is 5.88. The summed E-state index contributed by atoms with van der Waals surface area (Å²) in [6.07, 6.45) is 0. The molecule has 1 unspecified atom stereocenters. The highest BCUT2D eigenvalue weighted by Crippen LogP contribution is 2.37. The van der Waals surface area contributed by atoms with Crippen molar-refractivity contribution in [2.24, 2.45) is 0 Å². The first kappa shape index (κ1) is 21.7. The van der Waals surface area contributed by atoms with Gasteiger partial charge in [0, 0.05) is 0 Å². The van der Waals surface area contributed by atoms with Gasteiger partial charge in [-0.15, -0.1) is 0 Å². The third-order valence-corrected chi connectivity index (χ3v) is 5.88. The summed E-state index contributed by atoms with van der Waals surface area (Å²) in [5.41, 5.74) is 2.12. The van der Waals surface area contributed by atoms with Crippen LogP contribution in [0.2, 0.25) is 0 Å². The molecule has 1 aliphatic rings. The van der Waals surface area contributed by atoms with E-state index in [1.54, 1.807) is 36.9 Å². The van der Waals surface area contributed by atoms with Crippen molar-refractivity contribution in [3.05, 3.63) is 95.8 Å². The van der Waals surface area contributed by atoms with Crippen molar-refractivity contribution in [2.45, 2.75) is 25.4 Å². The van der Waals surface area contributed by atoms with Crippen LogP contribution in [0.15, 0.2) is 78.9 Å². The fourth-order valence-electron chi connectivity index (χ4n) is 4.26. The Labute approximate surface area is 187 Å². The first-order chi connectivity index (χ1) is 15.3. The largest absolute Gasteiger partial charge is 0.322 e. The van der Waals surface area contributed by atoms with Crippen molar-refractivity contribution in [3.8, 4) is 0 Å². The summed E-state index contributed by atoms with van der Waals surface area (Å²) < 4.78 is 13.6. The maximum Gasteiger partial charge on any atom is 0.250 e. The van der Waals surface area contributed by atoms with Crippen LogP contribution in [0.4, 0.5) is 15.8 Å². The molecule has 0 bridgehead atoms. The van der Waals surface area contributed by atoms with E-state index in [4.69, 9.17) is 0 Å². The number of halogens is 1. The minimum atomic E-state index is -1.04. The van der Waals surface area contributed by atoms with Gasteiger partial charge in [0.2, 0.25) is 11.8 Å². The molecule has 1 heterocycles. The molecule has 5 nitrogen and oxygen atoms in total. The number of fused-ring (bicyclic) bond motifs is 1. The average molecular weight is 432 g/mol. The lowest BCUT2D eigenvalue weighted by Crippen LogP contribution is -2.60. The van der Waals surface area contributed by atoms with Crippen molar-refractivity contribution in [1.82, 2.24) is 4.90 Å². The van der Waals surface area contributed by atoms with Gasteiger partial charge in [-0.3, -0.25) is 19.4 Å². The van der Waals surface area contributed by atoms with Gasteiger partial charge in [-0.2, -0.15) is 0 Å². The normalized spacial score (nSPS) is 15.8. The molecule has 0 fully saturated rings. The molecule has 3 aromatic rings. The Morgan fingerprint density at radius 3 is 2.25 bits per heavy atom. The zero-order valence-electron chi connectivity index (χ0n) is 18.4. The van der Waals surface area contributed by atoms with Gasteiger partial charge in [0.05, 0.1) is 24.0 Å². The monoisotopic (exact) mass is 431 g/mol. The molecular formula is C26H26FN3O2. The van der Waals surface area contributed by atoms with Gasteiger partial charge in [0.25, 0.3) is 0 Å². The van der Waals surface area contributed by atoms with Crippen LogP contribution in [-0.2, 0) is 9.59 Å². The van der Waals surface area contributed by atoms with Crippen LogP contribution >= 0.6 is 0 Å². The quantitative estimate of drug-likeness (QED) is 0.642. The zero-order chi connectivity index (χ0) is 22.9. The first-order valence-electron chi connectivity index (χ1n) is 10.5. The van der Waals surface area contributed by atoms with Crippen molar-refractivity contribution >= 4 is 23.2 Å². The molecule has 2 amide bonds. The Hall–Kier alpha value is -3.51. The summed E-state index contributed by atoms with van der Waals surface area (Å²) in [5, 5.41) is 2.89. The van der Waals surface area contributed by atoms with Crippen molar-refractivity contribution < 1.29 is 14.0 Å². The molecular weight excluding hydrogens is 405 g/mol. The van der Waals surface area contributed by atoms with Crippen LogP contribution in [0.1, 0.15) is 31.0 Å². The van der Waals surface area contributed by atoms with E-state index in [9.17, 15) is 14.0 Å². The molecule has 1 N–H and O–H groups in total. The predicted molar refractivity (Wildman–Crippen MR) is 124 cm³/mol. The summed E-state index contributed by atoms with van der Waals surface area (Å²) in [6.45, 7) is 3.55. The SMILES string of the molecule is CN(CC(=O)N1c2ccccc2NC(=O)C1(C)C)C(c1ccccc1)c1ccc(F)cc1. The molecule has 0 radical (unpaired) electrons. The molecule has 1 aliphatic heterocycles. The number of carbonyl (C=O) groups is 2. The first-order valence-corrected chi connectivity index (χ1v) is 10.5. The lowest BCUT2D eigenvalue weighted by atomic mass is 9.95. The van der Waals surface area contributed by atoms with Crippen LogP contribution in [0.5, 0.6) is 0 Å². The van der Waals surface area contributed by atoms with Gasteiger partial charge in [-0.25, -0.2) is 4.39 Å². The van der Waals surface area contributed by atoms with Gasteiger partial charge >= 0.3 is 0 Å². The minimum Gasteiger partial charge on any atom is -0.322 e. The number of anilines is 2. The van der Waals surface area contributed by atoms with Crippen LogP contribution in [0.3, 0.4) is 0 Å². The van der Waals surface area contributed by atoms with Crippen molar-refractivity contribution in [1.29, 1.82) is 0 Å². The summed E-state index contributed by atoms with van der Waals surface area (Å²) in [4.78, 5) is 29.8. The molecule has 0 aliphatic carbocycles. The van der Waals surface area contributed by atoms with Crippen LogP contribution in [0, 0.1) is 5.82 Å². The number of hydrogen-bond donors (Lipinski definition) is 1. The summed E-state index contributed by atoms with van der Waals surface area (Å²) >= 11 is 0. The number of amides is 2. The molecule has 6 heteroatoms. The highest BCUT2D eigenvalue weighted by molar-refractivity contribution is 6.14. The van der Waals surface area contributed by atoms with Crippen LogP contribution in [-0.4, -0.2) is 35.8 Å². The van der Waals surface area contributed by atoms with Crippen LogP contribution in [0.25, 0.3) is 0 Å². The van der Waals surface area contributed by atoms with E-state index < -0.39 is 5.54 Å². The second kappa shape index (κ2) is 8.55. The standard InChI is InChI=1S/C26H26FN3O2/c1-26(2)25(32)28-21-11-7-8-12-22(21)30(26)23(31)17-29(3)24(18-9-5-4-6-10-18)19-13-15-20(27)16-14-19/h4-16,24H,17H2,1-3H3,(H,28,32). The highest BCUT2D eigenvalue weighted by atomic mass is 19.1.